The summed E-state index contributed by atoms with van der Waals surface area (Å²) in [6, 6.07) is 7.00. The van der Waals surface area contributed by atoms with Crippen molar-refractivity contribution >= 4 is 28.9 Å². The van der Waals surface area contributed by atoms with Crippen LogP contribution in [0.2, 0.25) is 4.34 Å². The topological polar surface area (TPSA) is 50.2 Å². The van der Waals surface area contributed by atoms with Gasteiger partial charge in [0.2, 0.25) is 0 Å². The van der Waals surface area contributed by atoms with Gasteiger partial charge in [-0.3, -0.25) is 4.98 Å². The molecule has 0 amide bonds. The Morgan fingerprint density at radius 3 is 2.71 bits per heavy atom. The predicted octanol–water partition coefficient (Wildman–Crippen LogP) is 3.72. The molecule has 0 spiro atoms. The SMILES string of the molecule is CCc1nc(-c2ccc(Cl)s2)ccc1C(=O)O. The van der Waals surface area contributed by atoms with Gasteiger partial charge in [0.05, 0.1) is 26.2 Å². The first-order valence-corrected chi connectivity index (χ1v) is 6.30. The van der Waals surface area contributed by atoms with Crippen molar-refractivity contribution in [1.82, 2.24) is 4.98 Å². The molecule has 17 heavy (non-hydrogen) atoms. The third-order valence-electron chi connectivity index (χ3n) is 2.37. The maximum Gasteiger partial charge on any atom is 0.337 e. The summed E-state index contributed by atoms with van der Waals surface area (Å²) in [5.74, 6) is -0.940. The zero-order valence-electron chi connectivity index (χ0n) is 9.11. The fraction of sp³-hybridized carbons (Fsp3) is 0.167. The molecule has 0 unspecified atom stereocenters. The Morgan fingerprint density at radius 2 is 2.18 bits per heavy atom. The lowest BCUT2D eigenvalue weighted by Gasteiger charge is -2.04. The van der Waals surface area contributed by atoms with Crippen molar-refractivity contribution < 1.29 is 9.90 Å². The van der Waals surface area contributed by atoms with Gasteiger partial charge >= 0.3 is 5.97 Å². The molecule has 0 atom stereocenters. The highest BCUT2D eigenvalue weighted by molar-refractivity contribution is 7.19. The van der Waals surface area contributed by atoms with Gasteiger partial charge in [-0.15, -0.1) is 11.3 Å². The summed E-state index contributed by atoms with van der Waals surface area (Å²) in [6.07, 6.45) is 0.592. The molecule has 2 rings (SSSR count). The van der Waals surface area contributed by atoms with Gasteiger partial charge in [-0.1, -0.05) is 18.5 Å². The molecule has 5 heteroatoms. The van der Waals surface area contributed by atoms with Crippen LogP contribution in [-0.4, -0.2) is 16.1 Å². The molecule has 3 nitrogen and oxygen atoms in total. The Kier molecular flexibility index (Phi) is 3.45. The molecule has 0 aromatic carbocycles. The van der Waals surface area contributed by atoms with Gasteiger partial charge in [0.25, 0.3) is 0 Å². The van der Waals surface area contributed by atoms with E-state index < -0.39 is 5.97 Å². The Bertz CT molecular complexity index is 565. The third kappa shape index (κ3) is 2.48. The van der Waals surface area contributed by atoms with E-state index in [0.29, 0.717) is 16.5 Å². The van der Waals surface area contributed by atoms with Crippen molar-refractivity contribution in [2.45, 2.75) is 13.3 Å². The van der Waals surface area contributed by atoms with Gasteiger partial charge < -0.3 is 5.11 Å². The summed E-state index contributed by atoms with van der Waals surface area (Å²) in [5.41, 5.74) is 1.63. The number of hydrogen-bond donors (Lipinski definition) is 1. The zero-order chi connectivity index (χ0) is 12.4. The molecule has 1 N–H and O–H groups in total. The van der Waals surface area contributed by atoms with Crippen molar-refractivity contribution in [3.8, 4) is 10.6 Å². The van der Waals surface area contributed by atoms with Crippen LogP contribution >= 0.6 is 22.9 Å². The fourth-order valence-corrected chi connectivity index (χ4v) is 2.57. The van der Waals surface area contributed by atoms with Crippen LogP contribution in [0, 0.1) is 0 Å². The summed E-state index contributed by atoms with van der Waals surface area (Å²) in [6.45, 7) is 1.89. The van der Waals surface area contributed by atoms with Crippen LogP contribution in [0.4, 0.5) is 0 Å². The van der Waals surface area contributed by atoms with Crippen LogP contribution in [0.15, 0.2) is 24.3 Å². The van der Waals surface area contributed by atoms with Crippen molar-refractivity contribution in [1.29, 1.82) is 0 Å². The first kappa shape index (κ1) is 12.1. The summed E-state index contributed by atoms with van der Waals surface area (Å²) in [7, 11) is 0. The summed E-state index contributed by atoms with van der Waals surface area (Å²) in [5, 5.41) is 9.00. The van der Waals surface area contributed by atoms with Crippen molar-refractivity contribution in [2.75, 3.05) is 0 Å². The largest absolute Gasteiger partial charge is 0.478 e. The lowest BCUT2D eigenvalue weighted by Crippen LogP contribution is -2.04. The monoisotopic (exact) mass is 267 g/mol. The summed E-state index contributed by atoms with van der Waals surface area (Å²) < 4.78 is 0.696. The molecular formula is C12H10ClNO2S. The quantitative estimate of drug-likeness (QED) is 0.922. The number of rotatable bonds is 3. The number of thiophene rings is 1. The van der Waals surface area contributed by atoms with Crippen molar-refractivity contribution in [3.05, 3.63) is 39.9 Å². The van der Waals surface area contributed by atoms with Crippen molar-refractivity contribution in [2.24, 2.45) is 0 Å². The minimum Gasteiger partial charge on any atom is -0.478 e. The van der Waals surface area contributed by atoms with Gasteiger partial charge in [0, 0.05) is 0 Å². The Hall–Kier alpha value is -1.39. The molecule has 0 aliphatic heterocycles. The summed E-state index contributed by atoms with van der Waals surface area (Å²) >= 11 is 7.29. The Morgan fingerprint density at radius 1 is 1.41 bits per heavy atom. The van der Waals surface area contributed by atoms with E-state index in [2.05, 4.69) is 4.98 Å². The number of aromatic carboxylic acids is 1. The van der Waals surface area contributed by atoms with Gasteiger partial charge in [-0.2, -0.15) is 0 Å². The van der Waals surface area contributed by atoms with E-state index in [-0.39, 0.29) is 5.56 Å². The van der Waals surface area contributed by atoms with Gasteiger partial charge in [0.15, 0.2) is 0 Å². The van der Waals surface area contributed by atoms with E-state index in [1.54, 1.807) is 18.2 Å². The van der Waals surface area contributed by atoms with E-state index in [9.17, 15) is 4.79 Å². The van der Waals surface area contributed by atoms with E-state index in [1.807, 2.05) is 13.0 Å². The lowest BCUT2D eigenvalue weighted by molar-refractivity contribution is 0.0695. The molecular weight excluding hydrogens is 258 g/mol. The highest BCUT2D eigenvalue weighted by Crippen LogP contribution is 2.30. The third-order valence-corrected chi connectivity index (χ3v) is 3.62. The molecule has 0 bridgehead atoms. The molecule has 0 aliphatic rings. The number of halogens is 1. The van der Waals surface area contributed by atoms with Crippen LogP contribution in [0.25, 0.3) is 10.6 Å². The predicted molar refractivity (Wildman–Crippen MR) is 68.9 cm³/mol. The van der Waals surface area contributed by atoms with Gasteiger partial charge in [-0.25, -0.2) is 4.79 Å². The number of pyridine rings is 1. The average Bonchev–Trinajstić information content (AvgIpc) is 2.75. The number of carboxylic acids is 1. The number of carboxylic acid groups (broad SMARTS) is 1. The molecule has 0 radical (unpaired) electrons. The number of hydrogen-bond acceptors (Lipinski definition) is 3. The molecule has 88 valence electrons. The lowest BCUT2D eigenvalue weighted by atomic mass is 10.1. The molecule has 2 aromatic heterocycles. The normalized spacial score (nSPS) is 10.5. The number of nitrogens with zero attached hydrogens (tertiary/aromatic N) is 1. The molecule has 2 heterocycles. The molecule has 0 fully saturated rings. The minimum atomic E-state index is -0.940. The minimum absolute atomic E-state index is 0.263. The summed E-state index contributed by atoms with van der Waals surface area (Å²) in [4.78, 5) is 16.3. The maximum absolute atomic E-state index is 11.0. The highest BCUT2D eigenvalue weighted by Gasteiger charge is 2.12. The molecule has 2 aromatic rings. The fourth-order valence-electron chi connectivity index (χ4n) is 1.55. The van der Waals surface area contributed by atoms with Crippen LogP contribution in [0.1, 0.15) is 23.0 Å². The second kappa shape index (κ2) is 4.85. The van der Waals surface area contributed by atoms with Crippen LogP contribution < -0.4 is 0 Å². The van der Waals surface area contributed by atoms with E-state index in [0.717, 1.165) is 10.6 Å². The maximum atomic E-state index is 11.0. The Balaban J connectivity index is 2.48. The van der Waals surface area contributed by atoms with Crippen LogP contribution in [0.3, 0.4) is 0 Å². The smallest absolute Gasteiger partial charge is 0.337 e. The Labute approximate surface area is 108 Å². The molecule has 0 aliphatic carbocycles. The zero-order valence-corrected chi connectivity index (χ0v) is 10.7. The van der Waals surface area contributed by atoms with E-state index >= 15 is 0 Å². The second-order valence-electron chi connectivity index (χ2n) is 3.45. The standard InChI is InChI=1S/C12H10ClNO2S/c1-2-8-7(12(15)16)3-4-9(14-8)10-5-6-11(13)17-10/h3-6H,2H2,1H3,(H,15,16). The van der Waals surface area contributed by atoms with Crippen molar-refractivity contribution in [3.63, 3.8) is 0 Å². The molecule has 0 saturated carbocycles. The highest BCUT2D eigenvalue weighted by atomic mass is 35.5. The number of carbonyl (C=O) groups is 1. The van der Waals surface area contributed by atoms with Crippen LogP contribution in [0.5, 0.6) is 0 Å². The van der Waals surface area contributed by atoms with Gasteiger partial charge in [-0.05, 0) is 30.7 Å². The first-order chi connectivity index (χ1) is 8.11. The molecule has 0 saturated heterocycles. The van der Waals surface area contributed by atoms with Crippen LogP contribution in [-0.2, 0) is 6.42 Å². The number of aromatic nitrogens is 1. The first-order valence-electron chi connectivity index (χ1n) is 5.10. The second-order valence-corrected chi connectivity index (χ2v) is 5.17. The van der Waals surface area contributed by atoms with E-state index in [1.165, 1.54) is 11.3 Å². The average molecular weight is 268 g/mol. The van der Waals surface area contributed by atoms with Gasteiger partial charge in [0.1, 0.15) is 0 Å². The number of aryl methyl sites for hydroxylation is 1. The van der Waals surface area contributed by atoms with E-state index in [4.69, 9.17) is 16.7 Å².